The minimum absolute atomic E-state index is 0.222. The van der Waals surface area contributed by atoms with Gasteiger partial charge in [-0.05, 0) is 62.7 Å². The summed E-state index contributed by atoms with van der Waals surface area (Å²) in [4.78, 5) is 0. The molecule has 2 heteroatoms. The van der Waals surface area contributed by atoms with Gasteiger partial charge in [0.15, 0.2) is 0 Å². The normalized spacial score (nSPS) is 36.3. The second-order valence-electron chi connectivity index (χ2n) is 8.58. The maximum atomic E-state index is 6.38. The van der Waals surface area contributed by atoms with Crippen molar-refractivity contribution in [1.82, 2.24) is 5.32 Å². The highest BCUT2D eigenvalue weighted by molar-refractivity contribution is 5.00. The number of nitrogens with one attached hydrogen (secondary N) is 1. The molecule has 4 atom stereocenters. The monoisotopic (exact) mass is 252 g/mol. The molecular formula is C16H32N2. The molecule has 2 saturated carbocycles. The lowest BCUT2D eigenvalue weighted by Gasteiger charge is -2.37. The van der Waals surface area contributed by atoms with E-state index >= 15 is 0 Å². The SMILES string of the molecule is CC(C)(C)CC(C)(C)NCC1C2CCC(C2)C1N. The van der Waals surface area contributed by atoms with Gasteiger partial charge in [0, 0.05) is 18.1 Å². The van der Waals surface area contributed by atoms with Crippen LogP contribution in [0.2, 0.25) is 0 Å². The van der Waals surface area contributed by atoms with E-state index in [-0.39, 0.29) is 5.54 Å². The van der Waals surface area contributed by atoms with Crippen LogP contribution in [0, 0.1) is 23.2 Å². The van der Waals surface area contributed by atoms with Crippen LogP contribution in [0.1, 0.15) is 60.3 Å². The van der Waals surface area contributed by atoms with Crippen LogP contribution in [0.25, 0.3) is 0 Å². The first-order valence-electron chi connectivity index (χ1n) is 7.69. The molecule has 0 aliphatic heterocycles. The van der Waals surface area contributed by atoms with E-state index in [9.17, 15) is 0 Å². The first-order valence-corrected chi connectivity index (χ1v) is 7.69. The van der Waals surface area contributed by atoms with Crippen molar-refractivity contribution in [2.45, 2.75) is 71.9 Å². The topological polar surface area (TPSA) is 38.0 Å². The highest BCUT2D eigenvalue weighted by Crippen LogP contribution is 2.47. The van der Waals surface area contributed by atoms with Crippen molar-refractivity contribution < 1.29 is 0 Å². The molecule has 0 aromatic rings. The Morgan fingerprint density at radius 2 is 1.67 bits per heavy atom. The van der Waals surface area contributed by atoms with Gasteiger partial charge in [-0.15, -0.1) is 0 Å². The Balaban J connectivity index is 1.84. The van der Waals surface area contributed by atoms with E-state index in [0.717, 1.165) is 24.3 Å². The highest BCUT2D eigenvalue weighted by atomic mass is 15.0. The third-order valence-corrected chi connectivity index (χ3v) is 4.95. The van der Waals surface area contributed by atoms with E-state index < -0.39 is 0 Å². The van der Waals surface area contributed by atoms with E-state index in [0.29, 0.717) is 11.5 Å². The van der Waals surface area contributed by atoms with Crippen molar-refractivity contribution in [2.24, 2.45) is 28.9 Å². The molecular weight excluding hydrogens is 220 g/mol. The third-order valence-electron chi connectivity index (χ3n) is 4.95. The van der Waals surface area contributed by atoms with Crippen molar-refractivity contribution in [3.8, 4) is 0 Å². The average molecular weight is 252 g/mol. The standard InChI is InChI=1S/C16H32N2/c1-15(2,3)10-16(4,5)18-9-13-11-6-7-12(8-11)14(13)17/h11-14,18H,6-10,17H2,1-5H3. The van der Waals surface area contributed by atoms with Gasteiger partial charge in [-0.3, -0.25) is 0 Å². The number of hydrogen-bond acceptors (Lipinski definition) is 2. The zero-order chi connectivity index (χ0) is 13.6. The molecule has 2 nitrogen and oxygen atoms in total. The lowest BCUT2D eigenvalue weighted by Crippen LogP contribution is -2.49. The first kappa shape index (κ1) is 14.3. The first-order chi connectivity index (χ1) is 8.18. The molecule has 0 aromatic carbocycles. The molecule has 4 unspecified atom stereocenters. The Bertz CT molecular complexity index is 288. The molecule has 2 aliphatic rings. The van der Waals surface area contributed by atoms with Crippen molar-refractivity contribution in [2.75, 3.05) is 6.54 Å². The summed E-state index contributed by atoms with van der Waals surface area (Å²) in [5.41, 5.74) is 6.99. The van der Waals surface area contributed by atoms with Crippen LogP contribution in [0.4, 0.5) is 0 Å². The summed E-state index contributed by atoms with van der Waals surface area (Å²) >= 11 is 0. The van der Waals surface area contributed by atoms with Crippen LogP contribution < -0.4 is 11.1 Å². The summed E-state index contributed by atoms with van der Waals surface area (Å²) in [6.45, 7) is 12.7. The predicted octanol–water partition coefficient (Wildman–Crippen LogP) is 3.16. The van der Waals surface area contributed by atoms with Crippen LogP contribution >= 0.6 is 0 Å². The Morgan fingerprint density at radius 3 is 2.17 bits per heavy atom. The van der Waals surface area contributed by atoms with E-state index in [1.807, 2.05) is 0 Å². The van der Waals surface area contributed by atoms with E-state index in [2.05, 4.69) is 39.9 Å². The summed E-state index contributed by atoms with van der Waals surface area (Å²) in [6, 6.07) is 0.460. The maximum Gasteiger partial charge on any atom is 0.0130 e. The highest BCUT2D eigenvalue weighted by Gasteiger charge is 2.45. The molecule has 2 rings (SSSR count). The Kier molecular flexibility index (Phi) is 3.81. The fourth-order valence-electron chi connectivity index (χ4n) is 4.54. The van der Waals surface area contributed by atoms with Crippen LogP contribution in [-0.2, 0) is 0 Å². The Hall–Kier alpha value is -0.0800. The molecule has 0 spiro atoms. The van der Waals surface area contributed by atoms with E-state index in [1.165, 1.54) is 25.7 Å². The van der Waals surface area contributed by atoms with Gasteiger partial charge in [0.05, 0.1) is 0 Å². The van der Waals surface area contributed by atoms with Gasteiger partial charge in [-0.25, -0.2) is 0 Å². The van der Waals surface area contributed by atoms with Crippen molar-refractivity contribution in [1.29, 1.82) is 0 Å². The summed E-state index contributed by atoms with van der Waals surface area (Å²) < 4.78 is 0. The Labute approximate surface area is 113 Å². The van der Waals surface area contributed by atoms with Gasteiger partial charge in [-0.2, -0.15) is 0 Å². The second-order valence-corrected chi connectivity index (χ2v) is 8.58. The zero-order valence-electron chi connectivity index (χ0n) is 12.9. The van der Waals surface area contributed by atoms with E-state index in [4.69, 9.17) is 5.73 Å². The lowest BCUT2D eigenvalue weighted by molar-refractivity contribution is 0.206. The van der Waals surface area contributed by atoms with Crippen molar-refractivity contribution >= 4 is 0 Å². The molecule has 2 fully saturated rings. The quantitative estimate of drug-likeness (QED) is 0.806. The van der Waals surface area contributed by atoms with Crippen LogP contribution in [0.15, 0.2) is 0 Å². The van der Waals surface area contributed by atoms with Gasteiger partial charge in [0.1, 0.15) is 0 Å². The van der Waals surface area contributed by atoms with Gasteiger partial charge >= 0.3 is 0 Å². The summed E-state index contributed by atoms with van der Waals surface area (Å²) in [6.07, 6.45) is 5.40. The molecule has 2 bridgehead atoms. The minimum atomic E-state index is 0.222. The van der Waals surface area contributed by atoms with Crippen molar-refractivity contribution in [3.05, 3.63) is 0 Å². The van der Waals surface area contributed by atoms with Gasteiger partial charge < -0.3 is 11.1 Å². The van der Waals surface area contributed by atoms with Crippen LogP contribution in [-0.4, -0.2) is 18.1 Å². The third kappa shape index (κ3) is 3.27. The fraction of sp³-hybridized carbons (Fsp3) is 1.00. The fourth-order valence-corrected chi connectivity index (χ4v) is 4.54. The molecule has 18 heavy (non-hydrogen) atoms. The molecule has 106 valence electrons. The van der Waals surface area contributed by atoms with Gasteiger partial charge in [0.2, 0.25) is 0 Å². The van der Waals surface area contributed by atoms with Gasteiger partial charge in [-0.1, -0.05) is 20.8 Å². The molecule has 0 aromatic heterocycles. The molecule has 0 saturated heterocycles. The molecule has 2 aliphatic carbocycles. The maximum absolute atomic E-state index is 6.38. The van der Waals surface area contributed by atoms with E-state index in [1.54, 1.807) is 0 Å². The number of fused-ring (bicyclic) bond motifs is 2. The lowest BCUT2D eigenvalue weighted by atomic mass is 9.80. The number of rotatable bonds is 4. The molecule has 0 amide bonds. The Morgan fingerprint density at radius 1 is 1.06 bits per heavy atom. The molecule has 3 N–H and O–H groups in total. The largest absolute Gasteiger partial charge is 0.327 e. The summed E-state index contributed by atoms with van der Waals surface area (Å²) in [5, 5.41) is 3.79. The van der Waals surface area contributed by atoms with Crippen molar-refractivity contribution in [3.63, 3.8) is 0 Å². The minimum Gasteiger partial charge on any atom is -0.327 e. The number of hydrogen-bond donors (Lipinski definition) is 2. The summed E-state index contributed by atoms with van der Waals surface area (Å²) in [7, 11) is 0. The average Bonchev–Trinajstić information content (AvgIpc) is 2.72. The molecule has 0 heterocycles. The molecule has 0 radical (unpaired) electrons. The van der Waals surface area contributed by atoms with Crippen LogP contribution in [0.3, 0.4) is 0 Å². The predicted molar refractivity (Wildman–Crippen MR) is 78.5 cm³/mol. The van der Waals surface area contributed by atoms with Gasteiger partial charge in [0.25, 0.3) is 0 Å². The summed E-state index contributed by atoms with van der Waals surface area (Å²) in [5.74, 6) is 2.46. The zero-order valence-corrected chi connectivity index (χ0v) is 12.9. The smallest absolute Gasteiger partial charge is 0.0130 e. The number of nitrogens with two attached hydrogens (primary N) is 1. The van der Waals surface area contributed by atoms with Crippen LogP contribution in [0.5, 0.6) is 0 Å². The second kappa shape index (κ2) is 4.79.